The van der Waals surface area contributed by atoms with Crippen molar-refractivity contribution >= 4 is 27.7 Å². The molecule has 1 N–H and O–H groups in total. The van der Waals surface area contributed by atoms with Crippen molar-refractivity contribution in [3.63, 3.8) is 0 Å². The van der Waals surface area contributed by atoms with E-state index in [9.17, 15) is 9.59 Å². The zero-order chi connectivity index (χ0) is 8.88. The molecule has 2 aliphatic rings. The lowest BCUT2D eigenvalue weighted by Gasteiger charge is -2.13. The topological polar surface area (TPSA) is 54.4 Å². The van der Waals surface area contributed by atoms with Gasteiger partial charge in [0.05, 0.1) is 5.92 Å². The molecule has 12 heavy (non-hydrogen) atoms. The van der Waals surface area contributed by atoms with Crippen LogP contribution in [0, 0.1) is 17.8 Å². The average molecular weight is 233 g/mol. The Kier molecular flexibility index (Phi) is 1.75. The number of ketones is 1. The second kappa shape index (κ2) is 2.55. The number of carbonyl (C=O) groups is 2. The van der Waals surface area contributed by atoms with Gasteiger partial charge in [0.1, 0.15) is 5.78 Å². The first kappa shape index (κ1) is 8.23. The first-order valence-corrected chi connectivity index (χ1v) is 4.92. The SMILES string of the molecule is O=C(O)[C@@H]1[C@H]2CC(=O)[C@H]1C[C@@H]2Br. The lowest BCUT2D eigenvalue weighted by Crippen LogP contribution is -2.20. The Labute approximate surface area is 78.3 Å². The number of aliphatic carboxylic acids is 1. The third kappa shape index (κ3) is 0.937. The van der Waals surface area contributed by atoms with Crippen molar-refractivity contribution in [2.24, 2.45) is 17.8 Å². The van der Waals surface area contributed by atoms with Gasteiger partial charge in [-0.2, -0.15) is 0 Å². The van der Waals surface area contributed by atoms with Crippen LogP contribution in [-0.4, -0.2) is 21.7 Å². The quantitative estimate of drug-likeness (QED) is 0.689. The summed E-state index contributed by atoms with van der Waals surface area (Å²) in [4.78, 5) is 22.2. The highest BCUT2D eigenvalue weighted by molar-refractivity contribution is 9.09. The number of fused-ring (bicyclic) bond motifs is 2. The molecule has 4 heteroatoms. The van der Waals surface area contributed by atoms with Crippen LogP contribution < -0.4 is 0 Å². The van der Waals surface area contributed by atoms with Crippen LogP contribution in [0.1, 0.15) is 12.8 Å². The molecule has 0 radical (unpaired) electrons. The third-order valence-corrected chi connectivity index (χ3v) is 4.03. The van der Waals surface area contributed by atoms with Gasteiger partial charge in [-0.3, -0.25) is 9.59 Å². The Morgan fingerprint density at radius 3 is 2.58 bits per heavy atom. The molecule has 0 aromatic heterocycles. The zero-order valence-electron chi connectivity index (χ0n) is 6.37. The number of hydrogen-bond donors (Lipinski definition) is 1. The summed E-state index contributed by atoms with van der Waals surface area (Å²) < 4.78 is 0. The van der Waals surface area contributed by atoms with E-state index in [4.69, 9.17) is 5.11 Å². The highest BCUT2D eigenvalue weighted by Crippen LogP contribution is 2.50. The molecule has 0 spiro atoms. The minimum atomic E-state index is -0.808. The smallest absolute Gasteiger partial charge is 0.307 e. The fourth-order valence-electron chi connectivity index (χ4n) is 2.41. The van der Waals surface area contributed by atoms with E-state index in [0.717, 1.165) is 0 Å². The molecule has 0 aromatic carbocycles. The van der Waals surface area contributed by atoms with Gasteiger partial charge in [-0.1, -0.05) is 15.9 Å². The highest BCUT2D eigenvalue weighted by Gasteiger charge is 2.55. The van der Waals surface area contributed by atoms with E-state index in [-0.39, 0.29) is 22.4 Å². The van der Waals surface area contributed by atoms with Gasteiger partial charge in [-0.05, 0) is 12.3 Å². The van der Waals surface area contributed by atoms with Crippen LogP contribution in [0.5, 0.6) is 0 Å². The molecule has 4 atom stereocenters. The van der Waals surface area contributed by atoms with Crippen molar-refractivity contribution in [2.75, 3.05) is 0 Å². The fraction of sp³-hybridized carbons (Fsp3) is 0.750. The number of alkyl halides is 1. The Balaban J connectivity index is 2.28. The van der Waals surface area contributed by atoms with Crippen molar-refractivity contribution in [3.05, 3.63) is 0 Å². The number of carbonyl (C=O) groups excluding carboxylic acids is 1. The lowest BCUT2D eigenvalue weighted by molar-refractivity contribution is -0.144. The van der Waals surface area contributed by atoms with Gasteiger partial charge in [-0.15, -0.1) is 0 Å². The molecule has 2 fully saturated rings. The minimum Gasteiger partial charge on any atom is -0.481 e. The number of halogens is 1. The average Bonchev–Trinajstić information content (AvgIpc) is 2.41. The van der Waals surface area contributed by atoms with Crippen LogP contribution in [0.2, 0.25) is 0 Å². The molecule has 2 rings (SSSR count). The summed E-state index contributed by atoms with van der Waals surface area (Å²) in [5.41, 5.74) is 0. The van der Waals surface area contributed by atoms with Gasteiger partial charge in [0.15, 0.2) is 0 Å². The van der Waals surface area contributed by atoms with Crippen LogP contribution in [0.4, 0.5) is 0 Å². The van der Waals surface area contributed by atoms with Crippen molar-refractivity contribution in [1.29, 1.82) is 0 Å². The van der Waals surface area contributed by atoms with Gasteiger partial charge in [0.2, 0.25) is 0 Å². The van der Waals surface area contributed by atoms with Crippen LogP contribution in [0.25, 0.3) is 0 Å². The Hall–Kier alpha value is -0.380. The standard InChI is InChI=1S/C8H9BrO3/c9-5-1-4-6(10)2-3(5)7(4)8(11)12/h3-5,7H,1-2H2,(H,11,12)/t3-,4+,5-,7+/m0/s1. The lowest BCUT2D eigenvalue weighted by atomic mass is 9.98. The summed E-state index contributed by atoms with van der Waals surface area (Å²) in [6.45, 7) is 0. The number of carboxylic acid groups (broad SMARTS) is 1. The molecule has 0 heterocycles. The maximum Gasteiger partial charge on any atom is 0.307 e. The molecule has 0 aliphatic heterocycles. The van der Waals surface area contributed by atoms with Gasteiger partial charge in [0, 0.05) is 17.2 Å². The van der Waals surface area contributed by atoms with Crippen molar-refractivity contribution < 1.29 is 14.7 Å². The van der Waals surface area contributed by atoms with Crippen LogP contribution in [0.15, 0.2) is 0 Å². The Bertz CT molecular complexity index is 251. The van der Waals surface area contributed by atoms with Crippen molar-refractivity contribution in [3.8, 4) is 0 Å². The minimum absolute atomic E-state index is 0.0417. The van der Waals surface area contributed by atoms with Gasteiger partial charge >= 0.3 is 5.97 Å². The van der Waals surface area contributed by atoms with Crippen LogP contribution in [0.3, 0.4) is 0 Å². The third-order valence-electron chi connectivity index (χ3n) is 2.97. The molecule has 3 nitrogen and oxygen atoms in total. The largest absolute Gasteiger partial charge is 0.481 e. The predicted molar refractivity (Wildman–Crippen MR) is 45.1 cm³/mol. The molecule has 0 aromatic rings. The van der Waals surface area contributed by atoms with Gasteiger partial charge in [0.25, 0.3) is 0 Å². The molecule has 2 aliphatic carbocycles. The van der Waals surface area contributed by atoms with E-state index in [1.807, 2.05) is 0 Å². The van der Waals surface area contributed by atoms with Gasteiger partial charge in [-0.25, -0.2) is 0 Å². The van der Waals surface area contributed by atoms with Crippen LogP contribution in [-0.2, 0) is 9.59 Å². The second-order valence-electron chi connectivity index (χ2n) is 3.56. The summed E-state index contributed by atoms with van der Waals surface area (Å²) in [6.07, 6.45) is 1.16. The number of Topliss-reactive ketones (excluding diaryl/α,β-unsaturated/α-hetero) is 1. The molecule has 0 amide bonds. The van der Waals surface area contributed by atoms with E-state index in [2.05, 4.69) is 15.9 Å². The maximum atomic E-state index is 11.2. The molecule has 0 unspecified atom stereocenters. The first-order valence-electron chi connectivity index (χ1n) is 4.01. The molecular weight excluding hydrogens is 224 g/mol. The molecular formula is C8H9BrO3. The summed E-state index contributed by atoms with van der Waals surface area (Å²) in [5, 5.41) is 8.86. The van der Waals surface area contributed by atoms with E-state index in [1.54, 1.807) is 0 Å². The normalized spacial score (nSPS) is 45.2. The number of carboxylic acids is 1. The first-order chi connectivity index (χ1) is 5.61. The zero-order valence-corrected chi connectivity index (χ0v) is 7.95. The van der Waals surface area contributed by atoms with E-state index in [1.165, 1.54) is 0 Å². The Morgan fingerprint density at radius 1 is 1.58 bits per heavy atom. The number of hydrogen-bond acceptors (Lipinski definition) is 2. The summed E-state index contributed by atoms with van der Waals surface area (Å²) in [6, 6.07) is 0. The van der Waals surface area contributed by atoms with E-state index >= 15 is 0 Å². The number of rotatable bonds is 1. The molecule has 66 valence electrons. The maximum absolute atomic E-state index is 11.2. The monoisotopic (exact) mass is 232 g/mol. The summed E-state index contributed by atoms with van der Waals surface area (Å²) >= 11 is 3.42. The molecule has 2 saturated carbocycles. The van der Waals surface area contributed by atoms with Gasteiger partial charge < -0.3 is 5.11 Å². The second-order valence-corrected chi connectivity index (χ2v) is 4.73. The van der Waals surface area contributed by atoms with Crippen molar-refractivity contribution in [2.45, 2.75) is 17.7 Å². The fourth-order valence-corrected chi connectivity index (χ4v) is 3.33. The molecule has 2 bridgehead atoms. The van der Waals surface area contributed by atoms with Crippen LogP contribution >= 0.6 is 15.9 Å². The van der Waals surface area contributed by atoms with E-state index in [0.29, 0.717) is 12.8 Å². The Morgan fingerprint density at radius 2 is 2.25 bits per heavy atom. The summed E-state index contributed by atoms with van der Waals surface area (Å²) in [5.74, 6) is -1.25. The predicted octanol–water partition coefficient (Wildman–Crippen LogP) is 1.06. The highest BCUT2D eigenvalue weighted by atomic mass is 79.9. The van der Waals surface area contributed by atoms with E-state index < -0.39 is 11.9 Å². The van der Waals surface area contributed by atoms with Crippen molar-refractivity contribution in [1.82, 2.24) is 0 Å². The molecule has 0 saturated heterocycles. The summed E-state index contributed by atoms with van der Waals surface area (Å²) in [7, 11) is 0.